The highest BCUT2D eigenvalue weighted by Crippen LogP contribution is 2.33. The van der Waals surface area contributed by atoms with Crippen LogP contribution in [0.15, 0.2) is 12.1 Å². The van der Waals surface area contributed by atoms with Gasteiger partial charge < -0.3 is 19.7 Å². The van der Waals surface area contributed by atoms with Crippen molar-refractivity contribution in [2.24, 2.45) is 0 Å². The van der Waals surface area contributed by atoms with Crippen LogP contribution in [0, 0.1) is 5.82 Å². The number of imide groups is 1. The molecule has 0 aromatic heterocycles. The minimum absolute atomic E-state index is 0.103. The Balaban J connectivity index is 2.31. The fourth-order valence-corrected chi connectivity index (χ4v) is 2.78. The molecule has 1 saturated heterocycles. The third-order valence-corrected chi connectivity index (χ3v) is 4.20. The number of hydrogen-bond acceptors (Lipinski definition) is 8. The van der Waals surface area contributed by atoms with E-state index < -0.39 is 53.0 Å². The second-order valence-corrected chi connectivity index (χ2v) is 6.35. The molecule has 1 aliphatic heterocycles. The highest BCUT2D eigenvalue weighted by molar-refractivity contribution is 6.38. The van der Waals surface area contributed by atoms with Gasteiger partial charge in [-0.1, -0.05) is 0 Å². The first-order valence-electron chi connectivity index (χ1n) is 9.08. The standard InChI is InChI=1S/C19H19FN3O8/c1-4-22-5-6-23(18(28)17(22)27)19(29)21-14(9-24)12-7-15(30-10(2)25)16(8-13(12)20)31-11(3)26/h7-8,14H,4-6H2,1-3H3,(H,21,29). The molecule has 1 fully saturated rings. The number of nitrogens with one attached hydrogen (secondary N) is 1. The van der Waals surface area contributed by atoms with Crippen LogP contribution in [0.3, 0.4) is 0 Å². The van der Waals surface area contributed by atoms with E-state index >= 15 is 0 Å². The number of urea groups is 1. The van der Waals surface area contributed by atoms with Gasteiger partial charge in [0.1, 0.15) is 11.9 Å². The molecule has 2 rings (SSSR count). The van der Waals surface area contributed by atoms with Gasteiger partial charge in [-0.3, -0.25) is 28.9 Å². The molecular formula is C19H19FN3O8. The molecule has 1 aromatic rings. The minimum Gasteiger partial charge on any atom is -0.423 e. The van der Waals surface area contributed by atoms with Gasteiger partial charge in [0.25, 0.3) is 0 Å². The predicted molar refractivity (Wildman–Crippen MR) is 100.0 cm³/mol. The van der Waals surface area contributed by atoms with Gasteiger partial charge >= 0.3 is 29.8 Å². The monoisotopic (exact) mass is 436 g/mol. The van der Waals surface area contributed by atoms with Crippen molar-refractivity contribution in [1.29, 1.82) is 0 Å². The third-order valence-electron chi connectivity index (χ3n) is 4.20. The van der Waals surface area contributed by atoms with Gasteiger partial charge in [-0.05, 0) is 13.0 Å². The molecule has 1 atom stereocenters. The van der Waals surface area contributed by atoms with Crippen LogP contribution < -0.4 is 14.8 Å². The number of ether oxygens (including phenoxy) is 2. The fraction of sp³-hybridized carbons (Fsp3) is 0.368. The van der Waals surface area contributed by atoms with Crippen molar-refractivity contribution in [3.63, 3.8) is 0 Å². The van der Waals surface area contributed by atoms with E-state index in [2.05, 4.69) is 5.32 Å². The number of halogens is 1. The lowest BCUT2D eigenvalue weighted by atomic mass is 10.1. The lowest BCUT2D eigenvalue weighted by molar-refractivity contribution is -0.153. The quantitative estimate of drug-likeness (QED) is 0.380. The molecule has 11 nitrogen and oxygen atoms in total. The summed E-state index contributed by atoms with van der Waals surface area (Å²) < 4.78 is 24.2. The van der Waals surface area contributed by atoms with Crippen LogP contribution >= 0.6 is 0 Å². The van der Waals surface area contributed by atoms with Crippen LogP contribution in [0.4, 0.5) is 9.18 Å². The lowest BCUT2D eigenvalue weighted by Crippen LogP contribution is -2.58. The number of piperazine rings is 1. The van der Waals surface area contributed by atoms with E-state index in [4.69, 9.17) is 9.47 Å². The van der Waals surface area contributed by atoms with Crippen molar-refractivity contribution in [1.82, 2.24) is 15.1 Å². The number of likely N-dealkylation sites (N-methyl/N-ethyl adjacent to an activating group) is 1. The van der Waals surface area contributed by atoms with Gasteiger partial charge in [-0.15, -0.1) is 0 Å². The smallest absolute Gasteiger partial charge is 0.325 e. The number of carbonyl (C=O) groups is 5. The maximum Gasteiger partial charge on any atom is 0.325 e. The van der Waals surface area contributed by atoms with E-state index in [0.717, 1.165) is 19.9 Å². The van der Waals surface area contributed by atoms with Gasteiger partial charge in [0.2, 0.25) is 6.29 Å². The molecule has 0 aliphatic carbocycles. The molecular weight excluding hydrogens is 417 g/mol. The Morgan fingerprint density at radius 1 is 1.10 bits per heavy atom. The summed E-state index contributed by atoms with van der Waals surface area (Å²) in [5.41, 5.74) is -0.471. The van der Waals surface area contributed by atoms with Crippen molar-refractivity contribution in [2.45, 2.75) is 26.8 Å². The number of nitrogens with zero attached hydrogens (tertiary/aromatic N) is 2. The van der Waals surface area contributed by atoms with E-state index in [1.807, 2.05) is 0 Å². The molecule has 0 spiro atoms. The Bertz CT molecular complexity index is 948. The molecule has 31 heavy (non-hydrogen) atoms. The third kappa shape index (κ3) is 5.41. The normalized spacial score (nSPS) is 14.7. The SMILES string of the molecule is CCN1CCN(C(=O)NC([C]=O)c2cc(OC(C)=O)c(OC(C)=O)cc2F)C(=O)C1=O. The number of carbonyl (C=O) groups excluding carboxylic acids is 6. The largest absolute Gasteiger partial charge is 0.423 e. The Morgan fingerprint density at radius 2 is 1.68 bits per heavy atom. The number of benzene rings is 1. The van der Waals surface area contributed by atoms with Gasteiger partial charge in [-0.25, -0.2) is 9.18 Å². The van der Waals surface area contributed by atoms with E-state index in [9.17, 15) is 33.2 Å². The van der Waals surface area contributed by atoms with Crippen molar-refractivity contribution in [2.75, 3.05) is 19.6 Å². The maximum atomic E-state index is 14.6. The highest BCUT2D eigenvalue weighted by Gasteiger charge is 2.36. The van der Waals surface area contributed by atoms with Crippen molar-refractivity contribution in [3.8, 4) is 11.5 Å². The van der Waals surface area contributed by atoms with Crippen LogP contribution in [-0.4, -0.2) is 65.5 Å². The molecule has 12 heteroatoms. The lowest BCUT2D eigenvalue weighted by Gasteiger charge is -2.32. The first-order valence-corrected chi connectivity index (χ1v) is 9.08. The number of hydrogen-bond donors (Lipinski definition) is 1. The molecule has 0 saturated carbocycles. The Hall–Kier alpha value is -3.83. The molecule has 1 heterocycles. The number of amides is 4. The highest BCUT2D eigenvalue weighted by atomic mass is 19.1. The second-order valence-electron chi connectivity index (χ2n) is 6.35. The van der Waals surface area contributed by atoms with Crippen molar-refractivity contribution >= 4 is 36.1 Å². The van der Waals surface area contributed by atoms with E-state index in [0.29, 0.717) is 11.0 Å². The predicted octanol–water partition coefficient (Wildman–Crippen LogP) is 0.227. The zero-order valence-electron chi connectivity index (χ0n) is 16.9. The van der Waals surface area contributed by atoms with Gasteiger partial charge in [0.15, 0.2) is 11.5 Å². The summed E-state index contributed by atoms with van der Waals surface area (Å²) in [4.78, 5) is 72.3. The van der Waals surface area contributed by atoms with Crippen LogP contribution in [0.5, 0.6) is 11.5 Å². The molecule has 4 amide bonds. The summed E-state index contributed by atoms with van der Waals surface area (Å²) >= 11 is 0. The van der Waals surface area contributed by atoms with Crippen LogP contribution in [0.1, 0.15) is 32.4 Å². The van der Waals surface area contributed by atoms with Gasteiger partial charge in [0.05, 0.1) is 0 Å². The Labute approximate surface area is 176 Å². The first kappa shape index (κ1) is 23.4. The van der Waals surface area contributed by atoms with Crippen LogP contribution in [-0.2, 0) is 24.0 Å². The average Bonchev–Trinajstić information content (AvgIpc) is 2.69. The molecule has 1 N–H and O–H groups in total. The summed E-state index contributed by atoms with van der Waals surface area (Å²) in [6.45, 7) is 4.02. The Morgan fingerprint density at radius 3 is 2.19 bits per heavy atom. The van der Waals surface area contributed by atoms with E-state index in [1.54, 1.807) is 6.92 Å². The number of rotatable bonds is 6. The summed E-state index contributed by atoms with van der Waals surface area (Å²) in [5, 5.41) is 2.10. The summed E-state index contributed by atoms with van der Waals surface area (Å²) in [6, 6.07) is -1.26. The van der Waals surface area contributed by atoms with Crippen molar-refractivity contribution < 1.29 is 42.6 Å². The molecule has 1 aromatic carbocycles. The fourth-order valence-electron chi connectivity index (χ4n) is 2.78. The molecule has 1 unspecified atom stereocenters. The van der Waals surface area contributed by atoms with Crippen molar-refractivity contribution in [3.05, 3.63) is 23.5 Å². The first-order chi connectivity index (χ1) is 14.6. The maximum absolute atomic E-state index is 14.6. The van der Waals surface area contributed by atoms with E-state index in [1.165, 1.54) is 11.2 Å². The zero-order valence-corrected chi connectivity index (χ0v) is 16.9. The summed E-state index contributed by atoms with van der Waals surface area (Å²) in [7, 11) is 0. The van der Waals surface area contributed by atoms with Crippen LogP contribution in [0.2, 0.25) is 0 Å². The summed E-state index contributed by atoms with van der Waals surface area (Å²) in [6.07, 6.45) is 1.41. The zero-order chi connectivity index (χ0) is 23.3. The van der Waals surface area contributed by atoms with Gasteiger partial charge in [0, 0.05) is 45.1 Å². The molecule has 0 bridgehead atoms. The summed E-state index contributed by atoms with van der Waals surface area (Å²) in [5.74, 6) is -5.50. The molecule has 1 radical (unpaired) electrons. The number of esters is 2. The van der Waals surface area contributed by atoms with Crippen LogP contribution in [0.25, 0.3) is 0 Å². The minimum atomic E-state index is -1.72. The van der Waals surface area contributed by atoms with Gasteiger partial charge in [-0.2, -0.15) is 0 Å². The molecule has 165 valence electrons. The molecule has 1 aliphatic rings. The van der Waals surface area contributed by atoms with E-state index in [-0.39, 0.29) is 25.4 Å². The second kappa shape index (κ2) is 9.78. The Kier molecular flexibility index (Phi) is 7.40. The topological polar surface area (TPSA) is 139 Å². The average molecular weight is 436 g/mol.